The van der Waals surface area contributed by atoms with Gasteiger partial charge >= 0.3 is 0 Å². The van der Waals surface area contributed by atoms with E-state index in [-0.39, 0.29) is 17.7 Å². The van der Waals surface area contributed by atoms with Gasteiger partial charge in [-0.2, -0.15) is 0 Å². The molecule has 3 rings (SSSR count). The van der Waals surface area contributed by atoms with Gasteiger partial charge in [-0.1, -0.05) is 54.7 Å². The number of carbonyl (C=O) groups excluding carboxylic acids is 2. The first-order chi connectivity index (χ1) is 12.5. The van der Waals surface area contributed by atoms with E-state index in [0.29, 0.717) is 18.1 Å². The van der Waals surface area contributed by atoms with Gasteiger partial charge in [0.05, 0.1) is 16.6 Å². The summed E-state index contributed by atoms with van der Waals surface area (Å²) < 4.78 is 0.955. The van der Waals surface area contributed by atoms with Gasteiger partial charge in [0.2, 0.25) is 11.8 Å². The number of nitrogens with zero attached hydrogens (tertiary/aromatic N) is 1. The lowest BCUT2D eigenvalue weighted by atomic mass is 10.0. The summed E-state index contributed by atoms with van der Waals surface area (Å²) in [6.45, 7) is 4.17. The number of hydrogen-bond donors (Lipinski definition) is 2. The molecule has 2 N–H and O–H groups in total. The fraction of sp³-hybridized carbons (Fsp3) is 0.250. The Bertz CT molecular complexity index is 921. The number of anilines is 1. The molecule has 134 valence electrons. The SMILES string of the molecule is CC(=O)Nc1nc2ccc(CC(=O)NC[C@H](C)c3ccccc3)cc2s1. The predicted octanol–water partition coefficient (Wildman–Crippen LogP) is 3.72. The van der Waals surface area contributed by atoms with E-state index in [0.717, 1.165) is 15.8 Å². The van der Waals surface area contributed by atoms with E-state index in [1.165, 1.54) is 23.8 Å². The van der Waals surface area contributed by atoms with E-state index in [9.17, 15) is 9.59 Å². The Balaban J connectivity index is 1.59. The van der Waals surface area contributed by atoms with Crippen LogP contribution in [0.5, 0.6) is 0 Å². The second-order valence-corrected chi connectivity index (χ2v) is 7.33. The molecule has 1 heterocycles. The van der Waals surface area contributed by atoms with Gasteiger partial charge in [-0.3, -0.25) is 9.59 Å². The Morgan fingerprint density at radius 1 is 1.15 bits per heavy atom. The summed E-state index contributed by atoms with van der Waals surface area (Å²) >= 11 is 1.41. The second kappa shape index (κ2) is 8.10. The van der Waals surface area contributed by atoms with Gasteiger partial charge in [0.1, 0.15) is 0 Å². The quantitative estimate of drug-likeness (QED) is 0.697. The largest absolute Gasteiger partial charge is 0.355 e. The molecule has 3 aromatic rings. The second-order valence-electron chi connectivity index (χ2n) is 6.29. The number of fused-ring (bicyclic) bond motifs is 1. The maximum atomic E-state index is 12.3. The van der Waals surface area contributed by atoms with E-state index in [1.54, 1.807) is 0 Å². The van der Waals surface area contributed by atoms with Crippen molar-refractivity contribution >= 4 is 38.5 Å². The molecule has 0 aliphatic rings. The average Bonchev–Trinajstić information content (AvgIpc) is 3.01. The van der Waals surface area contributed by atoms with E-state index in [2.05, 4.69) is 34.7 Å². The Hall–Kier alpha value is -2.73. The molecule has 6 heteroatoms. The van der Waals surface area contributed by atoms with Gasteiger partial charge in [-0.25, -0.2) is 4.98 Å². The van der Waals surface area contributed by atoms with Crippen LogP contribution in [-0.2, 0) is 16.0 Å². The topological polar surface area (TPSA) is 71.1 Å². The van der Waals surface area contributed by atoms with Crippen LogP contribution in [-0.4, -0.2) is 23.3 Å². The van der Waals surface area contributed by atoms with Gasteiger partial charge in [0, 0.05) is 13.5 Å². The average molecular weight is 367 g/mol. The molecule has 0 saturated heterocycles. The summed E-state index contributed by atoms with van der Waals surface area (Å²) in [7, 11) is 0. The van der Waals surface area contributed by atoms with Crippen LogP contribution in [0.25, 0.3) is 10.2 Å². The molecule has 0 radical (unpaired) electrons. The third-order valence-corrected chi connectivity index (χ3v) is 5.01. The predicted molar refractivity (Wildman–Crippen MR) is 105 cm³/mol. The van der Waals surface area contributed by atoms with E-state index < -0.39 is 0 Å². The maximum absolute atomic E-state index is 12.3. The van der Waals surface area contributed by atoms with Gasteiger partial charge in [-0.05, 0) is 29.2 Å². The summed E-state index contributed by atoms with van der Waals surface area (Å²) in [4.78, 5) is 27.7. The molecule has 0 bridgehead atoms. The summed E-state index contributed by atoms with van der Waals surface area (Å²) in [5, 5.41) is 6.27. The van der Waals surface area contributed by atoms with Crippen LogP contribution in [0.4, 0.5) is 5.13 Å². The van der Waals surface area contributed by atoms with Crippen molar-refractivity contribution in [3.8, 4) is 0 Å². The van der Waals surface area contributed by atoms with Gasteiger partial charge in [-0.15, -0.1) is 0 Å². The number of hydrogen-bond acceptors (Lipinski definition) is 4. The van der Waals surface area contributed by atoms with Crippen molar-refractivity contribution in [1.82, 2.24) is 10.3 Å². The molecule has 1 atom stereocenters. The minimum Gasteiger partial charge on any atom is -0.355 e. The summed E-state index contributed by atoms with van der Waals surface area (Å²) in [6.07, 6.45) is 0.324. The number of rotatable bonds is 6. The fourth-order valence-corrected chi connectivity index (χ4v) is 3.67. The monoisotopic (exact) mass is 367 g/mol. The first kappa shape index (κ1) is 18.1. The highest BCUT2D eigenvalue weighted by Crippen LogP contribution is 2.27. The first-order valence-corrected chi connectivity index (χ1v) is 9.31. The number of carbonyl (C=O) groups is 2. The zero-order chi connectivity index (χ0) is 18.5. The van der Waals surface area contributed by atoms with Crippen LogP contribution in [0.1, 0.15) is 30.9 Å². The molecule has 2 aromatic carbocycles. The van der Waals surface area contributed by atoms with Crippen LogP contribution in [0, 0.1) is 0 Å². The van der Waals surface area contributed by atoms with Gasteiger partial charge in [0.25, 0.3) is 0 Å². The molecule has 0 aliphatic carbocycles. The molecule has 5 nitrogen and oxygen atoms in total. The highest BCUT2D eigenvalue weighted by molar-refractivity contribution is 7.22. The Labute approximate surface area is 156 Å². The van der Waals surface area contributed by atoms with Crippen molar-refractivity contribution in [2.75, 3.05) is 11.9 Å². The first-order valence-electron chi connectivity index (χ1n) is 8.50. The van der Waals surface area contributed by atoms with E-state index >= 15 is 0 Å². The Morgan fingerprint density at radius 2 is 1.92 bits per heavy atom. The highest BCUT2D eigenvalue weighted by atomic mass is 32.1. The molecule has 0 saturated carbocycles. The standard InChI is InChI=1S/C20H21N3O2S/c1-13(16-6-4-3-5-7-16)12-21-19(25)11-15-8-9-17-18(10-15)26-20(23-17)22-14(2)24/h3-10,13H,11-12H2,1-2H3,(H,21,25)(H,22,23,24)/t13-/m0/s1. The van der Waals surface area contributed by atoms with Crippen molar-refractivity contribution in [1.29, 1.82) is 0 Å². The number of aromatic nitrogens is 1. The molecule has 0 aliphatic heterocycles. The minimum atomic E-state index is -0.142. The number of amides is 2. The molecule has 0 fully saturated rings. The molecule has 26 heavy (non-hydrogen) atoms. The van der Waals surface area contributed by atoms with Gasteiger partial charge in [0.15, 0.2) is 5.13 Å². The fourth-order valence-electron chi connectivity index (χ4n) is 2.70. The molecule has 0 unspecified atom stereocenters. The zero-order valence-corrected chi connectivity index (χ0v) is 15.6. The lowest BCUT2D eigenvalue weighted by Gasteiger charge is -2.13. The maximum Gasteiger partial charge on any atom is 0.224 e. The number of benzene rings is 2. The molecule has 2 amide bonds. The third-order valence-electron chi connectivity index (χ3n) is 4.07. The Morgan fingerprint density at radius 3 is 2.65 bits per heavy atom. The van der Waals surface area contributed by atoms with Crippen LogP contribution < -0.4 is 10.6 Å². The van der Waals surface area contributed by atoms with Crippen LogP contribution in [0.3, 0.4) is 0 Å². The number of nitrogens with one attached hydrogen (secondary N) is 2. The lowest BCUT2D eigenvalue weighted by Crippen LogP contribution is -2.28. The van der Waals surface area contributed by atoms with Crippen molar-refractivity contribution in [3.63, 3.8) is 0 Å². The highest BCUT2D eigenvalue weighted by Gasteiger charge is 2.10. The lowest BCUT2D eigenvalue weighted by molar-refractivity contribution is -0.120. The Kier molecular flexibility index (Phi) is 5.63. The summed E-state index contributed by atoms with van der Waals surface area (Å²) in [5.41, 5.74) is 2.96. The molecule has 1 aromatic heterocycles. The van der Waals surface area contributed by atoms with E-state index in [4.69, 9.17) is 0 Å². The van der Waals surface area contributed by atoms with Crippen molar-refractivity contribution in [2.24, 2.45) is 0 Å². The molecule has 0 spiro atoms. The van der Waals surface area contributed by atoms with Crippen LogP contribution >= 0.6 is 11.3 Å². The molecular weight excluding hydrogens is 346 g/mol. The van der Waals surface area contributed by atoms with Crippen LogP contribution in [0.15, 0.2) is 48.5 Å². The minimum absolute atomic E-state index is 0.00118. The van der Waals surface area contributed by atoms with Crippen LogP contribution in [0.2, 0.25) is 0 Å². The normalized spacial score (nSPS) is 11.9. The molecular formula is C20H21N3O2S. The van der Waals surface area contributed by atoms with Crippen molar-refractivity contribution in [2.45, 2.75) is 26.2 Å². The van der Waals surface area contributed by atoms with Crippen molar-refractivity contribution in [3.05, 3.63) is 59.7 Å². The van der Waals surface area contributed by atoms with E-state index in [1.807, 2.05) is 36.4 Å². The number of thiazole rings is 1. The third kappa shape index (κ3) is 4.67. The van der Waals surface area contributed by atoms with Crippen molar-refractivity contribution < 1.29 is 9.59 Å². The zero-order valence-electron chi connectivity index (χ0n) is 14.8. The summed E-state index contributed by atoms with van der Waals surface area (Å²) in [6, 6.07) is 15.9. The smallest absolute Gasteiger partial charge is 0.224 e. The van der Waals surface area contributed by atoms with Gasteiger partial charge < -0.3 is 10.6 Å². The summed E-state index contributed by atoms with van der Waals surface area (Å²) in [5.74, 6) is 0.124.